The van der Waals surface area contributed by atoms with Gasteiger partial charge in [-0.1, -0.05) is 91.0 Å². The van der Waals surface area contributed by atoms with Crippen molar-refractivity contribution in [3.8, 4) is 0 Å². The molecule has 3 rings (SSSR count). The van der Waals surface area contributed by atoms with Crippen LogP contribution in [0.15, 0.2) is 91.0 Å². The van der Waals surface area contributed by atoms with Crippen molar-refractivity contribution in [2.75, 3.05) is 0 Å². The van der Waals surface area contributed by atoms with E-state index in [0.717, 1.165) is 36.4 Å². The predicted molar refractivity (Wildman–Crippen MR) is 141 cm³/mol. The number of carbonyl (C=O) groups excluding carboxylic acids is 9. The first kappa shape index (κ1) is 44.6. The zero-order valence-corrected chi connectivity index (χ0v) is 26.0. The van der Waals surface area contributed by atoms with Crippen molar-refractivity contribution in [1.29, 1.82) is 0 Å². The molecule has 0 saturated heterocycles. The zero-order chi connectivity index (χ0) is 37.0. The number of alkyl halides is 9. The second-order valence-corrected chi connectivity index (χ2v) is 8.55. The fraction of sp³-hybridized carbons (Fsp3) is 0.100. The van der Waals surface area contributed by atoms with Crippen LogP contribution < -0.4 is 0 Å². The van der Waals surface area contributed by atoms with Gasteiger partial charge in [0.15, 0.2) is 0 Å². The van der Waals surface area contributed by atoms with Crippen molar-refractivity contribution < 1.29 is 132 Å². The molecule has 49 heavy (non-hydrogen) atoms. The molecule has 0 unspecified atom stereocenters. The van der Waals surface area contributed by atoms with Gasteiger partial charge in [0, 0.05) is 66.1 Å². The van der Waals surface area contributed by atoms with Crippen LogP contribution in [0, 0.1) is 49.4 Å². The second-order valence-electron chi connectivity index (χ2n) is 8.55. The molecule has 0 N–H and O–H groups in total. The maximum atomic E-state index is 11.9. The Morgan fingerprint density at radius 3 is 0.633 bits per heavy atom. The van der Waals surface area contributed by atoms with Gasteiger partial charge in [-0.15, -0.1) is 0 Å². The Morgan fingerprint density at radius 1 is 0.327 bits per heavy atom. The quantitative estimate of drug-likeness (QED) is 0.129. The van der Waals surface area contributed by atoms with Crippen molar-refractivity contribution in [2.45, 2.75) is 18.5 Å². The van der Waals surface area contributed by atoms with Crippen LogP contribution in [0.3, 0.4) is 0 Å². The molecule has 0 aliphatic heterocycles. The van der Waals surface area contributed by atoms with Gasteiger partial charge in [-0.25, -0.2) is 0 Å². The fourth-order valence-corrected chi connectivity index (χ4v) is 2.86. The van der Waals surface area contributed by atoms with Crippen molar-refractivity contribution in [3.63, 3.8) is 0 Å². The van der Waals surface area contributed by atoms with Gasteiger partial charge in [-0.2, -0.15) is 39.5 Å². The zero-order valence-electron chi connectivity index (χ0n) is 23.6. The van der Waals surface area contributed by atoms with Gasteiger partial charge in [0.1, 0.15) is 0 Å². The molecule has 3 aromatic rings. The summed E-state index contributed by atoms with van der Waals surface area (Å²) in [7, 11) is 0. The van der Waals surface area contributed by atoms with E-state index in [0.29, 0.717) is 0 Å². The molecule has 19 heteroatoms. The average Bonchev–Trinajstić information content (AvgIpc) is 3.05. The number of benzene rings is 3. The summed E-state index contributed by atoms with van der Waals surface area (Å²) in [6.45, 7) is 0. The molecule has 0 aliphatic rings. The third-order valence-corrected chi connectivity index (χ3v) is 5.12. The monoisotopic (exact) mass is 843 g/mol. The number of Topliss-reactive ketones (excluding diaryl/α,β-unsaturated/α-hetero) is 9. The van der Waals surface area contributed by atoms with E-state index >= 15 is 0 Å². The van der Waals surface area contributed by atoms with Crippen molar-refractivity contribution >= 4 is 52.0 Å². The van der Waals surface area contributed by atoms with Crippen LogP contribution in [0.1, 0.15) is 31.1 Å². The Balaban J connectivity index is 0.000000698. The molecule has 0 atom stereocenters. The van der Waals surface area contributed by atoms with Crippen LogP contribution in [0.25, 0.3) is 0 Å². The molecule has 0 saturated carbocycles. The maximum absolute atomic E-state index is 11.9. The maximum Gasteiger partial charge on any atom is 0.458 e. The van der Waals surface area contributed by atoms with E-state index in [1.807, 2.05) is 0 Å². The second kappa shape index (κ2) is 19.0. The number of rotatable bonds is 9. The number of hydrogen-bond donors (Lipinski definition) is 0. The minimum atomic E-state index is -5.32. The van der Waals surface area contributed by atoms with Gasteiger partial charge in [0.2, 0.25) is 17.3 Å². The number of carbonyl (C=O) groups is 9. The minimum absolute atomic E-state index is 0. The summed E-state index contributed by atoms with van der Waals surface area (Å²) in [5, 5.41) is 0. The number of ketones is 9. The van der Waals surface area contributed by atoms with Crippen LogP contribution in [-0.2, 0) is 28.8 Å². The smallest absolute Gasteiger partial charge is 0.285 e. The normalized spacial score (nSPS) is 10.7. The van der Waals surface area contributed by atoms with E-state index in [-0.39, 0.29) is 66.1 Å². The summed E-state index contributed by atoms with van der Waals surface area (Å²) in [6.07, 6.45) is -16.0. The van der Waals surface area contributed by atoms with Crippen LogP contribution >= 0.6 is 0 Å². The van der Waals surface area contributed by atoms with E-state index in [4.69, 9.17) is 0 Å². The van der Waals surface area contributed by atoms with E-state index in [9.17, 15) is 82.7 Å². The molecule has 0 aliphatic carbocycles. The third-order valence-electron chi connectivity index (χ3n) is 5.12. The molecule has 1 radical (unpaired) electrons. The summed E-state index contributed by atoms with van der Waals surface area (Å²) in [6, 6.07) is 19.7. The summed E-state index contributed by atoms with van der Waals surface area (Å²) >= 11 is 0. The van der Waals surface area contributed by atoms with Gasteiger partial charge >= 0.3 is 35.9 Å². The first-order chi connectivity index (χ1) is 22.0. The first-order valence-electron chi connectivity index (χ1n) is 12.3. The number of halogens is 9. The third kappa shape index (κ3) is 14.0. The molecule has 3 aromatic carbocycles. The standard InChI is InChI=1S/3C10H5F3O3.Eu/c3*11-10(12,13)9(16)8(15)7(14)6-4-2-1-3-5-6;/h3*1-5H;. The summed E-state index contributed by atoms with van der Waals surface area (Å²) < 4.78 is 107. The van der Waals surface area contributed by atoms with E-state index in [1.54, 1.807) is 0 Å². The van der Waals surface area contributed by atoms with Crippen molar-refractivity contribution in [3.05, 3.63) is 108 Å². The average molecular weight is 842 g/mol. The molecule has 0 heterocycles. The molecule has 0 fully saturated rings. The summed E-state index contributed by atoms with van der Waals surface area (Å²) in [5.74, 6) is -18.5. The Bertz CT molecular complexity index is 1510. The Hall–Kier alpha value is -4.36. The van der Waals surface area contributed by atoms with Gasteiger partial charge in [0.05, 0.1) is 0 Å². The Labute approximate surface area is 308 Å². The molecule has 259 valence electrons. The molecule has 9 nitrogen and oxygen atoms in total. The SMILES string of the molecule is O=C(C(=O)c1ccccc1)C(=O)C(F)(F)F.O=C(C(=O)c1ccccc1)C(=O)C(F)(F)F.O=C(C(=O)c1ccccc1)C(=O)C(F)(F)F.[Eu]. The largest absolute Gasteiger partial charge is 0.458 e. The van der Waals surface area contributed by atoms with E-state index in [2.05, 4.69) is 0 Å². The van der Waals surface area contributed by atoms with Crippen LogP contribution in [0.2, 0.25) is 0 Å². The molecule has 0 aromatic heterocycles. The molecule has 0 spiro atoms. The molecule has 0 bridgehead atoms. The van der Waals surface area contributed by atoms with Crippen LogP contribution in [-0.4, -0.2) is 70.6 Å². The summed E-state index contributed by atoms with van der Waals surface area (Å²) in [5.41, 5.74) is -0.736. The number of hydrogen-bond acceptors (Lipinski definition) is 9. The van der Waals surface area contributed by atoms with Gasteiger partial charge in [0.25, 0.3) is 17.3 Å². The van der Waals surface area contributed by atoms with Crippen molar-refractivity contribution in [2.24, 2.45) is 0 Å². The molecular formula is C30H15EuF9O9. The molecule has 0 amide bonds. The van der Waals surface area contributed by atoms with Gasteiger partial charge in [-0.3, -0.25) is 43.2 Å². The topological polar surface area (TPSA) is 154 Å². The predicted octanol–water partition coefficient (Wildman–Crippen LogP) is 4.71. The van der Waals surface area contributed by atoms with Crippen molar-refractivity contribution in [1.82, 2.24) is 0 Å². The van der Waals surface area contributed by atoms with E-state index < -0.39 is 70.6 Å². The van der Waals surface area contributed by atoms with Crippen LogP contribution in [0.5, 0.6) is 0 Å². The molecular weight excluding hydrogens is 827 g/mol. The fourth-order valence-electron chi connectivity index (χ4n) is 2.86. The van der Waals surface area contributed by atoms with Crippen LogP contribution in [0.4, 0.5) is 39.5 Å². The first-order valence-corrected chi connectivity index (χ1v) is 12.3. The van der Waals surface area contributed by atoms with Gasteiger partial charge in [-0.05, 0) is 0 Å². The minimum Gasteiger partial charge on any atom is -0.285 e. The summed E-state index contributed by atoms with van der Waals surface area (Å²) in [4.78, 5) is 97.6. The Kier molecular flexibility index (Phi) is 17.3. The van der Waals surface area contributed by atoms with Gasteiger partial charge < -0.3 is 0 Å². The van der Waals surface area contributed by atoms with E-state index in [1.165, 1.54) is 54.6 Å². The Morgan fingerprint density at radius 2 is 0.490 bits per heavy atom.